The van der Waals surface area contributed by atoms with E-state index in [1.54, 1.807) is 30.5 Å². The van der Waals surface area contributed by atoms with Crippen LogP contribution in [0, 0.1) is 0 Å². The second kappa shape index (κ2) is 9.22. The molecular formula is C16H16N2O3S2. The van der Waals surface area contributed by atoms with Gasteiger partial charge in [0.15, 0.2) is 0 Å². The van der Waals surface area contributed by atoms with E-state index in [0.717, 1.165) is 5.03 Å². The summed E-state index contributed by atoms with van der Waals surface area (Å²) in [7, 11) is 4.19. The molecule has 1 amide bonds. The molecule has 0 aliphatic rings. The van der Waals surface area contributed by atoms with Gasteiger partial charge in [0.2, 0.25) is 0 Å². The summed E-state index contributed by atoms with van der Waals surface area (Å²) in [6.45, 7) is 0. The van der Waals surface area contributed by atoms with Gasteiger partial charge in [-0.05, 0) is 35.1 Å². The Hall–Kier alpha value is -1.99. The van der Waals surface area contributed by atoms with E-state index < -0.39 is 12.0 Å². The highest BCUT2D eigenvalue weighted by atomic mass is 33.1. The van der Waals surface area contributed by atoms with Crippen molar-refractivity contribution in [1.82, 2.24) is 10.3 Å². The van der Waals surface area contributed by atoms with E-state index in [9.17, 15) is 9.59 Å². The Morgan fingerprint density at radius 1 is 1.17 bits per heavy atom. The van der Waals surface area contributed by atoms with Crippen LogP contribution in [0.5, 0.6) is 0 Å². The standard InChI is InChI=1S/C16H16N2O3S2/c1-21-16(20)13(11-22-23-14-9-5-6-10-17-14)18-15(19)12-7-3-2-4-8-12/h2-10,13H,11H2,1H3,(H,18,19). The van der Waals surface area contributed by atoms with Gasteiger partial charge in [-0.3, -0.25) is 4.79 Å². The zero-order valence-electron chi connectivity index (χ0n) is 12.5. The van der Waals surface area contributed by atoms with Gasteiger partial charge >= 0.3 is 5.97 Å². The van der Waals surface area contributed by atoms with Gasteiger partial charge in [0, 0.05) is 17.5 Å². The topological polar surface area (TPSA) is 68.3 Å². The van der Waals surface area contributed by atoms with Crippen LogP contribution in [-0.2, 0) is 9.53 Å². The molecule has 1 N–H and O–H groups in total. The molecule has 1 atom stereocenters. The Morgan fingerprint density at radius 2 is 1.91 bits per heavy atom. The largest absolute Gasteiger partial charge is 0.467 e. The summed E-state index contributed by atoms with van der Waals surface area (Å²) >= 11 is 0. The maximum Gasteiger partial charge on any atom is 0.329 e. The first-order valence-corrected chi connectivity index (χ1v) is 9.17. The van der Waals surface area contributed by atoms with E-state index in [4.69, 9.17) is 4.74 Å². The lowest BCUT2D eigenvalue weighted by Gasteiger charge is -2.15. The second-order valence-corrected chi connectivity index (χ2v) is 6.81. The number of esters is 1. The molecular weight excluding hydrogens is 332 g/mol. The molecule has 2 rings (SSSR count). The number of pyridine rings is 1. The summed E-state index contributed by atoms with van der Waals surface area (Å²) in [5.41, 5.74) is 0.504. The number of hydrogen-bond acceptors (Lipinski definition) is 6. The van der Waals surface area contributed by atoms with E-state index in [0.29, 0.717) is 11.3 Å². The minimum absolute atomic E-state index is 0.301. The summed E-state index contributed by atoms with van der Waals surface area (Å²) < 4.78 is 4.76. The van der Waals surface area contributed by atoms with Gasteiger partial charge in [0.05, 0.1) is 7.11 Å². The second-order valence-electron chi connectivity index (χ2n) is 4.45. The molecule has 0 spiro atoms. The van der Waals surface area contributed by atoms with Crippen LogP contribution < -0.4 is 5.32 Å². The summed E-state index contributed by atoms with van der Waals surface area (Å²) in [6.07, 6.45) is 1.71. The Kier molecular flexibility index (Phi) is 6.96. The number of rotatable bonds is 7. The highest BCUT2D eigenvalue weighted by Crippen LogP contribution is 2.29. The highest BCUT2D eigenvalue weighted by molar-refractivity contribution is 8.76. The first kappa shape index (κ1) is 17.4. The number of nitrogens with zero attached hydrogens (tertiary/aromatic N) is 1. The third-order valence-corrected chi connectivity index (χ3v) is 5.12. The fraction of sp³-hybridized carbons (Fsp3) is 0.188. The number of ether oxygens (including phenoxy) is 1. The third kappa shape index (κ3) is 5.61. The van der Waals surface area contributed by atoms with Crippen LogP contribution in [0.15, 0.2) is 59.8 Å². The third-order valence-electron chi connectivity index (χ3n) is 2.84. The molecule has 0 saturated carbocycles. The minimum Gasteiger partial charge on any atom is -0.467 e. The predicted octanol–water partition coefficient (Wildman–Crippen LogP) is 2.79. The number of carbonyl (C=O) groups excluding carboxylic acids is 2. The van der Waals surface area contributed by atoms with Crippen molar-refractivity contribution in [3.8, 4) is 0 Å². The molecule has 23 heavy (non-hydrogen) atoms. The number of amides is 1. The minimum atomic E-state index is -0.714. The fourth-order valence-electron chi connectivity index (χ4n) is 1.70. The maximum absolute atomic E-state index is 12.2. The molecule has 0 fully saturated rings. The van der Waals surface area contributed by atoms with Crippen LogP contribution in [-0.4, -0.2) is 35.8 Å². The molecule has 7 heteroatoms. The van der Waals surface area contributed by atoms with Gasteiger partial charge in [0.25, 0.3) is 5.91 Å². The van der Waals surface area contributed by atoms with Crippen LogP contribution >= 0.6 is 21.6 Å². The molecule has 0 radical (unpaired) electrons. The number of methoxy groups -OCH3 is 1. The summed E-state index contributed by atoms with van der Waals surface area (Å²) in [5, 5.41) is 3.55. The zero-order valence-corrected chi connectivity index (χ0v) is 14.1. The molecule has 1 unspecified atom stereocenters. The molecule has 0 aliphatic carbocycles. The molecule has 1 aromatic heterocycles. The van der Waals surface area contributed by atoms with Crippen molar-refractivity contribution in [2.24, 2.45) is 0 Å². The molecule has 2 aromatic rings. The average Bonchev–Trinajstić information content (AvgIpc) is 2.61. The van der Waals surface area contributed by atoms with Gasteiger partial charge in [-0.15, -0.1) is 0 Å². The van der Waals surface area contributed by atoms with Gasteiger partial charge in [0.1, 0.15) is 11.1 Å². The van der Waals surface area contributed by atoms with Crippen molar-refractivity contribution >= 4 is 33.5 Å². The van der Waals surface area contributed by atoms with Crippen LogP contribution in [0.4, 0.5) is 0 Å². The quantitative estimate of drug-likeness (QED) is 0.613. The number of aromatic nitrogens is 1. The van der Waals surface area contributed by atoms with E-state index in [-0.39, 0.29) is 5.91 Å². The molecule has 0 saturated heterocycles. The van der Waals surface area contributed by atoms with Gasteiger partial charge < -0.3 is 10.1 Å². The zero-order chi connectivity index (χ0) is 16.5. The molecule has 1 aromatic carbocycles. The lowest BCUT2D eigenvalue weighted by atomic mass is 10.2. The Bertz CT molecular complexity index is 638. The van der Waals surface area contributed by atoms with Gasteiger partial charge in [-0.25, -0.2) is 9.78 Å². The van der Waals surface area contributed by atoms with Crippen molar-refractivity contribution in [3.05, 3.63) is 60.3 Å². The van der Waals surface area contributed by atoms with E-state index in [2.05, 4.69) is 10.3 Å². The van der Waals surface area contributed by atoms with Crippen molar-refractivity contribution < 1.29 is 14.3 Å². The molecule has 5 nitrogen and oxygen atoms in total. The first-order valence-electron chi connectivity index (χ1n) is 6.85. The van der Waals surface area contributed by atoms with Crippen molar-refractivity contribution in [2.45, 2.75) is 11.1 Å². The molecule has 1 heterocycles. The van der Waals surface area contributed by atoms with Crippen molar-refractivity contribution in [1.29, 1.82) is 0 Å². The lowest BCUT2D eigenvalue weighted by molar-refractivity contribution is -0.142. The Balaban J connectivity index is 1.92. The smallest absolute Gasteiger partial charge is 0.329 e. The molecule has 120 valence electrons. The number of nitrogens with one attached hydrogen (secondary N) is 1. The van der Waals surface area contributed by atoms with Gasteiger partial charge in [-0.2, -0.15) is 0 Å². The van der Waals surface area contributed by atoms with Crippen LogP contribution in [0.1, 0.15) is 10.4 Å². The SMILES string of the molecule is COC(=O)C(CSSc1ccccn1)NC(=O)c1ccccc1. The van der Waals surface area contributed by atoms with E-state index >= 15 is 0 Å². The monoisotopic (exact) mass is 348 g/mol. The normalized spacial score (nSPS) is 11.5. The summed E-state index contributed by atoms with van der Waals surface area (Å²) in [5.74, 6) is -0.389. The highest BCUT2D eigenvalue weighted by Gasteiger charge is 2.22. The summed E-state index contributed by atoms with van der Waals surface area (Å²) in [6, 6.07) is 13.7. The van der Waals surface area contributed by atoms with Crippen molar-refractivity contribution in [2.75, 3.05) is 12.9 Å². The van der Waals surface area contributed by atoms with Gasteiger partial charge in [-0.1, -0.05) is 35.1 Å². The predicted molar refractivity (Wildman–Crippen MR) is 92.3 cm³/mol. The fourth-order valence-corrected chi connectivity index (χ4v) is 3.75. The number of benzene rings is 1. The van der Waals surface area contributed by atoms with Crippen LogP contribution in [0.2, 0.25) is 0 Å². The van der Waals surface area contributed by atoms with Crippen LogP contribution in [0.3, 0.4) is 0 Å². The first-order chi connectivity index (χ1) is 11.2. The van der Waals surface area contributed by atoms with E-state index in [1.165, 1.54) is 28.7 Å². The lowest BCUT2D eigenvalue weighted by Crippen LogP contribution is -2.43. The maximum atomic E-state index is 12.2. The average molecular weight is 348 g/mol. The Labute approximate surface area is 142 Å². The van der Waals surface area contributed by atoms with Crippen molar-refractivity contribution in [3.63, 3.8) is 0 Å². The molecule has 0 aliphatic heterocycles. The van der Waals surface area contributed by atoms with E-state index in [1.807, 2.05) is 24.3 Å². The number of hydrogen-bond donors (Lipinski definition) is 1. The summed E-state index contributed by atoms with van der Waals surface area (Å²) in [4.78, 5) is 28.2. The van der Waals surface area contributed by atoms with Crippen LogP contribution in [0.25, 0.3) is 0 Å². The Morgan fingerprint density at radius 3 is 2.57 bits per heavy atom. The molecule has 0 bridgehead atoms. The number of carbonyl (C=O) groups is 2.